The molecule has 0 heterocycles. The third kappa shape index (κ3) is 4.70. The zero-order valence-corrected chi connectivity index (χ0v) is 11.9. The molecule has 0 aliphatic carbocycles. The van der Waals surface area contributed by atoms with Crippen LogP contribution in [-0.4, -0.2) is 42.3 Å². The van der Waals surface area contributed by atoms with Crippen LogP contribution in [0.2, 0.25) is 0 Å². The largest absolute Gasteiger partial charge is 0.492 e. The molecule has 1 aromatic carbocycles. The average molecular weight is 284 g/mol. The van der Waals surface area contributed by atoms with E-state index in [0.717, 1.165) is 6.42 Å². The van der Waals surface area contributed by atoms with E-state index in [0.29, 0.717) is 24.6 Å². The van der Waals surface area contributed by atoms with Crippen molar-refractivity contribution in [3.05, 3.63) is 24.0 Å². The molecule has 0 aliphatic heterocycles. The van der Waals surface area contributed by atoms with Gasteiger partial charge in [0, 0.05) is 19.2 Å². The van der Waals surface area contributed by atoms with E-state index >= 15 is 0 Å². The number of ether oxygens (including phenoxy) is 1. The number of rotatable bonds is 7. The Morgan fingerprint density at radius 2 is 2.15 bits per heavy atom. The number of urea groups is 1. The fourth-order valence-corrected chi connectivity index (χ4v) is 1.77. The summed E-state index contributed by atoms with van der Waals surface area (Å²) in [7, 11) is 0. The molecule has 2 N–H and O–H groups in total. The molecular formula is C14H21FN2O3. The Morgan fingerprint density at radius 3 is 2.75 bits per heavy atom. The second kappa shape index (κ2) is 8.37. The van der Waals surface area contributed by atoms with Gasteiger partial charge in [-0.25, -0.2) is 9.18 Å². The Hall–Kier alpha value is -1.82. The standard InChI is InChI=1S/C14H21FN2O3/c1-3-7-17(8-9-18)14(19)16-12-6-5-11(15)10-13(12)20-4-2/h5-6,10,18H,3-4,7-9H2,1-2H3,(H,16,19). The Labute approximate surface area is 118 Å². The minimum Gasteiger partial charge on any atom is -0.492 e. The fraction of sp³-hybridized carbons (Fsp3) is 0.500. The second-order valence-corrected chi connectivity index (χ2v) is 4.21. The van der Waals surface area contributed by atoms with Crippen LogP contribution in [0.4, 0.5) is 14.9 Å². The summed E-state index contributed by atoms with van der Waals surface area (Å²) in [6.07, 6.45) is 0.787. The summed E-state index contributed by atoms with van der Waals surface area (Å²) < 4.78 is 18.5. The van der Waals surface area contributed by atoms with E-state index in [9.17, 15) is 9.18 Å². The highest BCUT2D eigenvalue weighted by Crippen LogP contribution is 2.25. The van der Waals surface area contributed by atoms with Gasteiger partial charge < -0.3 is 20.1 Å². The van der Waals surface area contributed by atoms with Crippen LogP contribution in [0.5, 0.6) is 5.75 Å². The minimum absolute atomic E-state index is 0.102. The molecule has 0 unspecified atom stereocenters. The molecule has 1 rings (SSSR count). The quantitative estimate of drug-likeness (QED) is 0.808. The van der Waals surface area contributed by atoms with Gasteiger partial charge in [0.1, 0.15) is 11.6 Å². The van der Waals surface area contributed by atoms with Gasteiger partial charge in [0.25, 0.3) is 0 Å². The van der Waals surface area contributed by atoms with Crippen molar-refractivity contribution in [2.24, 2.45) is 0 Å². The number of carbonyl (C=O) groups is 1. The average Bonchev–Trinajstić information content (AvgIpc) is 2.42. The van der Waals surface area contributed by atoms with Crippen molar-refractivity contribution in [3.63, 3.8) is 0 Å². The molecule has 5 nitrogen and oxygen atoms in total. The molecule has 2 amide bonds. The molecule has 0 saturated carbocycles. The summed E-state index contributed by atoms with van der Waals surface area (Å²) in [6.45, 7) is 4.80. The lowest BCUT2D eigenvalue weighted by molar-refractivity contribution is 0.188. The maximum Gasteiger partial charge on any atom is 0.322 e. The lowest BCUT2D eigenvalue weighted by atomic mass is 10.3. The molecule has 0 aliphatic rings. The first kappa shape index (κ1) is 16.2. The normalized spacial score (nSPS) is 10.2. The van der Waals surface area contributed by atoms with Crippen LogP contribution < -0.4 is 10.1 Å². The number of aliphatic hydroxyl groups excluding tert-OH is 1. The smallest absolute Gasteiger partial charge is 0.322 e. The molecule has 0 bridgehead atoms. The molecule has 112 valence electrons. The van der Waals surface area contributed by atoms with Gasteiger partial charge in [-0.1, -0.05) is 6.92 Å². The van der Waals surface area contributed by atoms with Crippen LogP contribution in [0.1, 0.15) is 20.3 Å². The van der Waals surface area contributed by atoms with E-state index in [1.54, 1.807) is 6.92 Å². The first-order valence-corrected chi connectivity index (χ1v) is 6.71. The van der Waals surface area contributed by atoms with E-state index < -0.39 is 5.82 Å². The fourth-order valence-electron chi connectivity index (χ4n) is 1.77. The molecule has 0 radical (unpaired) electrons. The predicted octanol–water partition coefficient (Wildman–Crippen LogP) is 2.46. The molecular weight excluding hydrogens is 263 g/mol. The van der Waals surface area contributed by atoms with Crippen molar-refractivity contribution < 1.29 is 19.0 Å². The number of hydrogen-bond donors (Lipinski definition) is 2. The first-order chi connectivity index (χ1) is 9.62. The third-order valence-corrected chi connectivity index (χ3v) is 2.64. The zero-order valence-electron chi connectivity index (χ0n) is 11.9. The number of anilines is 1. The Bertz CT molecular complexity index is 434. The maximum atomic E-state index is 13.2. The topological polar surface area (TPSA) is 61.8 Å². The highest BCUT2D eigenvalue weighted by atomic mass is 19.1. The number of benzene rings is 1. The first-order valence-electron chi connectivity index (χ1n) is 6.71. The maximum absolute atomic E-state index is 13.2. The highest BCUT2D eigenvalue weighted by Gasteiger charge is 2.14. The van der Waals surface area contributed by atoms with Gasteiger partial charge in [0.2, 0.25) is 0 Å². The number of carbonyl (C=O) groups excluding carboxylic acids is 1. The molecule has 0 atom stereocenters. The summed E-state index contributed by atoms with van der Waals surface area (Å²) in [5.41, 5.74) is 0.414. The number of amides is 2. The van der Waals surface area contributed by atoms with Crippen molar-refractivity contribution in [2.45, 2.75) is 20.3 Å². The molecule has 0 saturated heterocycles. The van der Waals surface area contributed by atoms with Crippen LogP contribution in [-0.2, 0) is 0 Å². The van der Waals surface area contributed by atoms with Gasteiger partial charge in [-0.3, -0.25) is 0 Å². The SMILES string of the molecule is CCCN(CCO)C(=O)Nc1ccc(F)cc1OCC. The van der Waals surface area contributed by atoms with Gasteiger partial charge in [0.15, 0.2) is 0 Å². The van der Waals surface area contributed by atoms with Crippen molar-refractivity contribution in [1.29, 1.82) is 0 Å². The Kier molecular flexibility index (Phi) is 6.79. The summed E-state index contributed by atoms with van der Waals surface area (Å²) in [6, 6.07) is 3.61. The minimum atomic E-state index is -0.424. The molecule has 0 fully saturated rings. The summed E-state index contributed by atoms with van der Waals surface area (Å²) in [5, 5.41) is 11.6. The van der Waals surface area contributed by atoms with Crippen LogP contribution in [0.3, 0.4) is 0 Å². The van der Waals surface area contributed by atoms with Crippen molar-refractivity contribution in [2.75, 3.05) is 31.6 Å². The number of hydrogen-bond acceptors (Lipinski definition) is 3. The number of aliphatic hydroxyl groups is 1. The van der Waals surface area contributed by atoms with E-state index in [-0.39, 0.29) is 19.2 Å². The highest BCUT2D eigenvalue weighted by molar-refractivity contribution is 5.91. The summed E-state index contributed by atoms with van der Waals surface area (Å²) in [5.74, 6) is -0.131. The van der Waals surface area contributed by atoms with Crippen LogP contribution in [0, 0.1) is 5.82 Å². The third-order valence-electron chi connectivity index (χ3n) is 2.64. The van der Waals surface area contributed by atoms with Gasteiger partial charge >= 0.3 is 6.03 Å². The van der Waals surface area contributed by atoms with Gasteiger partial charge in [-0.15, -0.1) is 0 Å². The lowest BCUT2D eigenvalue weighted by Gasteiger charge is -2.22. The van der Waals surface area contributed by atoms with Crippen LogP contribution >= 0.6 is 0 Å². The number of nitrogens with zero attached hydrogens (tertiary/aromatic N) is 1. The molecule has 6 heteroatoms. The van der Waals surface area contributed by atoms with E-state index in [1.807, 2.05) is 6.92 Å². The summed E-state index contributed by atoms with van der Waals surface area (Å²) in [4.78, 5) is 13.6. The van der Waals surface area contributed by atoms with Crippen molar-refractivity contribution in [1.82, 2.24) is 4.90 Å². The molecule has 20 heavy (non-hydrogen) atoms. The number of halogens is 1. The van der Waals surface area contributed by atoms with Gasteiger partial charge in [-0.2, -0.15) is 0 Å². The Balaban J connectivity index is 2.82. The van der Waals surface area contributed by atoms with E-state index in [2.05, 4.69) is 5.32 Å². The molecule has 0 spiro atoms. The van der Waals surface area contributed by atoms with E-state index in [4.69, 9.17) is 9.84 Å². The van der Waals surface area contributed by atoms with Gasteiger partial charge in [0.05, 0.1) is 18.9 Å². The number of nitrogens with one attached hydrogen (secondary N) is 1. The molecule has 1 aromatic rings. The Morgan fingerprint density at radius 1 is 1.40 bits per heavy atom. The predicted molar refractivity (Wildman–Crippen MR) is 75.5 cm³/mol. The van der Waals surface area contributed by atoms with Crippen molar-refractivity contribution in [3.8, 4) is 5.75 Å². The lowest BCUT2D eigenvalue weighted by Crippen LogP contribution is -2.37. The summed E-state index contributed by atoms with van der Waals surface area (Å²) >= 11 is 0. The van der Waals surface area contributed by atoms with Crippen molar-refractivity contribution >= 4 is 11.7 Å². The second-order valence-electron chi connectivity index (χ2n) is 4.21. The van der Waals surface area contributed by atoms with Crippen LogP contribution in [0.15, 0.2) is 18.2 Å². The van der Waals surface area contributed by atoms with Gasteiger partial charge in [-0.05, 0) is 25.5 Å². The monoisotopic (exact) mass is 284 g/mol. The zero-order chi connectivity index (χ0) is 15.0. The molecule has 0 aromatic heterocycles. The van der Waals surface area contributed by atoms with Crippen LogP contribution in [0.25, 0.3) is 0 Å². The van der Waals surface area contributed by atoms with E-state index in [1.165, 1.54) is 23.1 Å².